The molecule has 6 atom stereocenters. The van der Waals surface area contributed by atoms with Crippen LogP contribution < -0.4 is 5.32 Å². The normalized spacial score (nSPS) is 36.5. The Morgan fingerprint density at radius 1 is 1.03 bits per heavy atom. The van der Waals surface area contributed by atoms with E-state index in [4.69, 9.17) is 4.84 Å². The molecule has 7 heteroatoms. The first-order chi connectivity index (χ1) is 18.6. The Balaban J connectivity index is 1.21. The van der Waals surface area contributed by atoms with Crippen LogP contribution in [-0.4, -0.2) is 73.7 Å². The van der Waals surface area contributed by atoms with E-state index < -0.39 is 0 Å². The molecule has 7 nitrogen and oxygen atoms in total. The summed E-state index contributed by atoms with van der Waals surface area (Å²) in [4.78, 5) is 35.0. The molecule has 39 heavy (non-hydrogen) atoms. The summed E-state index contributed by atoms with van der Waals surface area (Å²) in [6, 6.07) is 0.286. The van der Waals surface area contributed by atoms with Gasteiger partial charge in [-0.15, -0.1) is 0 Å². The van der Waals surface area contributed by atoms with Crippen molar-refractivity contribution in [3.8, 4) is 0 Å². The lowest BCUT2D eigenvalue weighted by molar-refractivity contribution is -0.117. The van der Waals surface area contributed by atoms with Crippen molar-refractivity contribution < 1.29 is 14.4 Å². The van der Waals surface area contributed by atoms with E-state index in [0.717, 1.165) is 69.8 Å². The number of oxime groups is 1. The van der Waals surface area contributed by atoms with E-state index in [2.05, 4.69) is 50.2 Å². The van der Waals surface area contributed by atoms with Gasteiger partial charge < -0.3 is 15.1 Å². The van der Waals surface area contributed by atoms with Crippen LogP contribution in [-0.2, 0) is 9.63 Å². The lowest BCUT2D eigenvalue weighted by Gasteiger charge is -2.58. The number of fused-ring (bicyclic) bond motifs is 5. The molecule has 0 aliphatic heterocycles. The van der Waals surface area contributed by atoms with Crippen molar-refractivity contribution in [2.24, 2.45) is 39.7 Å². The molecule has 0 bridgehead atoms. The summed E-state index contributed by atoms with van der Waals surface area (Å²) < 4.78 is 0. The molecule has 0 aromatic rings. The summed E-state index contributed by atoms with van der Waals surface area (Å²) in [5.41, 5.74) is 2.86. The van der Waals surface area contributed by atoms with Crippen LogP contribution in [0, 0.1) is 34.5 Å². The predicted molar refractivity (Wildman–Crippen MR) is 156 cm³/mol. The summed E-state index contributed by atoms with van der Waals surface area (Å²) >= 11 is 0. The number of nitrogens with zero attached hydrogens (tertiary/aromatic N) is 3. The van der Waals surface area contributed by atoms with E-state index in [0.29, 0.717) is 30.1 Å². The minimum atomic E-state index is -0.289. The molecular formula is C32H52N4O3. The van der Waals surface area contributed by atoms with Crippen molar-refractivity contribution in [2.75, 3.05) is 40.3 Å². The highest BCUT2D eigenvalue weighted by atomic mass is 16.7. The second kappa shape index (κ2) is 11.6. The molecule has 0 spiro atoms. The van der Waals surface area contributed by atoms with Crippen molar-refractivity contribution in [2.45, 2.75) is 97.4 Å². The fourth-order valence-electron chi connectivity index (χ4n) is 9.22. The van der Waals surface area contributed by atoms with E-state index in [-0.39, 0.29) is 23.0 Å². The monoisotopic (exact) mass is 540 g/mol. The van der Waals surface area contributed by atoms with Crippen LogP contribution in [0.1, 0.15) is 91.4 Å². The zero-order valence-corrected chi connectivity index (χ0v) is 25.1. The largest absolute Gasteiger partial charge is 0.436 e. The first-order valence-electron chi connectivity index (χ1n) is 15.7. The Morgan fingerprint density at radius 3 is 2.51 bits per heavy atom. The van der Waals surface area contributed by atoms with Gasteiger partial charge in [-0.1, -0.05) is 24.6 Å². The number of rotatable bonds is 9. The molecule has 1 amide bonds. The second-order valence-corrected chi connectivity index (χ2v) is 14.1. The van der Waals surface area contributed by atoms with Gasteiger partial charge in [-0.05, 0) is 120 Å². The number of likely N-dealkylation sites (N-methyl/N-ethyl adjacent to an activating group) is 1. The summed E-state index contributed by atoms with van der Waals surface area (Å²) in [5, 5.41) is 7.96. The quantitative estimate of drug-likeness (QED) is 0.177. The van der Waals surface area contributed by atoms with Gasteiger partial charge >= 0.3 is 6.09 Å². The van der Waals surface area contributed by atoms with Crippen molar-refractivity contribution in [1.82, 2.24) is 15.1 Å². The average Bonchev–Trinajstić information content (AvgIpc) is 3.22. The lowest BCUT2D eigenvalue weighted by atomic mass is 9.46. The summed E-state index contributed by atoms with van der Waals surface area (Å²) in [5.74, 6) is 2.82. The molecule has 0 radical (unpaired) electrons. The van der Waals surface area contributed by atoms with Crippen molar-refractivity contribution in [3.05, 3.63) is 11.6 Å². The zero-order valence-electron chi connectivity index (χ0n) is 25.1. The molecule has 0 aromatic heterocycles. The van der Waals surface area contributed by atoms with Crippen LogP contribution in [0.3, 0.4) is 0 Å². The first-order valence-corrected chi connectivity index (χ1v) is 15.7. The summed E-state index contributed by atoms with van der Waals surface area (Å²) in [7, 11) is 4.14. The Morgan fingerprint density at radius 2 is 1.79 bits per heavy atom. The van der Waals surface area contributed by atoms with Gasteiger partial charge in [-0.25, -0.2) is 4.79 Å². The molecule has 0 saturated heterocycles. The molecule has 218 valence electrons. The van der Waals surface area contributed by atoms with E-state index in [1.807, 2.05) is 11.0 Å². The highest BCUT2D eigenvalue weighted by Gasteiger charge is 2.59. The molecule has 4 saturated carbocycles. The third kappa shape index (κ3) is 5.59. The van der Waals surface area contributed by atoms with Crippen LogP contribution in [0.4, 0.5) is 4.79 Å². The van der Waals surface area contributed by atoms with E-state index >= 15 is 0 Å². The number of allylic oxidation sites excluding steroid dienone is 1. The molecule has 5 aliphatic carbocycles. The molecule has 0 heterocycles. The van der Waals surface area contributed by atoms with Gasteiger partial charge in [0.2, 0.25) is 0 Å². The number of ketones is 1. The van der Waals surface area contributed by atoms with E-state index in [9.17, 15) is 9.59 Å². The Kier molecular flexibility index (Phi) is 8.59. The van der Waals surface area contributed by atoms with Gasteiger partial charge in [0.05, 0.1) is 5.71 Å². The minimum Gasteiger partial charge on any atom is -0.314 e. The average molecular weight is 541 g/mol. The lowest BCUT2D eigenvalue weighted by Crippen LogP contribution is -2.51. The predicted octanol–water partition coefficient (Wildman–Crippen LogP) is 5.65. The zero-order chi connectivity index (χ0) is 27.8. The molecule has 1 N–H and O–H groups in total. The Labute approximate surface area is 236 Å². The minimum absolute atomic E-state index is 0.210. The van der Waals surface area contributed by atoms with Crippen molar-refractivity contribution in [1.29, 1.82) is 0 Å². The smallest absolute Gasteiger partial charge is 0.314 e. The van der Waals surface area contributed by atoms with Crippen LogP contribution >= 0.6 is 0 Å². The number of amides is 1. The molecular weight excluding hydrogens is 488 g/mol. The highest BCUT2D eigenvalue weighted by Crippen LogP contribution is 2.66. The van der Waals surface area contributed by atoms with Gasteiger partial charge in [0, 0.05) is 44.6 Å². The van der Waals surface area contributed by atoms with Gasteiger partial charge in [0.15, 0.2) is 5.78 Å². The third-order valence-electron chi connectivity index (χ3n) is 11.7. The molecule has 0 unspecified atom stereocenters. The van der Waals surface area contributed by atoms with Crippen LogP contribution in [0.15, 0.2) is 16.8 Å². The van der Waals surface area contributed by atoms with Crippen LogP contribution in [0.5, 0.6) is 0 Å². The van der Waals surface area contributed by atoms with Crippen LogP contribution in [0.2, 0.25) is 0 Å². The topological polar surface area (TPSA) is 74.2 Å². The van der Waals surface area contributed by atoms with E-state index in [1.165, 1.54) is 37.7 Å². The van der Waals surface area contributed by atoms with Crippen molar-refractivity contribution >= 4 is 17.6 Å². The third-order valence-corrected chi connectivity index (χ3v) is 11.7. The number of carbonyl (C=O) groups is 2. The SMILES string of the molecule is C/C(=N\OC(=O)N(CCNCCN(C)C)C1CCC1)[C@H]1CC[C@H]2[C@@H]3CCC4=CC(=O)CC[C@]4(C)[C@H]3CC[C@]12C. The van der Waals surface area contributed by atoms with Gasteiger partial charge in [-0.3, -0.25) is 9.63 Å². The fourth-order valence-corrected chi connectivity index (χ4v) is 9.22. The van der Waals surface area contributed by atoms with Crippen molar-refractivity contribution in [3.63, 3.8) is 0 Å². The van der Waals surface area contributed by atoms with E-state index in [1.54, 1.807) is 0 Å². The van der Waals surface area contributed by atoms with Crippen LogP contribution in [0.25, 0.3) is 0 Å². The maximum absolute atomic E-state index is 13.1. The maximum atomic E-state index is 13.1. The number of nitrogens with one attached hydrogen (secondary N) is 1. The fraction of sp³-hybridized carbons (Fsp3) is 0.844. The molecule has 0 aromatic carbocycles. The van der Waals surface area contributed by atoms with Gasteiger partial charge in [0.1, 0.15) is 0 Å². The number of hydrogen-bond donors (Lipinski definition) is 1. The Hall–Kier alpha value is -1.73. The van der Waals surface area contributed by atoms with Gasteiger partial charge in [0.25, 0.3) is 0 Å². The summed E-state index contributed by atoms with van der Waals surface area (Å²) in [6.07, 6.45) is 13.9. The summed E-state index contributed by atoms with van der Waals surface area (Å²) in [6.45, 7) is 10.4. The second-order valence-electron chi connectivity index (χ2n) is 14.1. The molecule has 5 aliphatic rings. The highest BCUT2D eigenvalue weighted by molar-refractivity contribution is 5.91. The maximum Gasteiger partial charge on any atom is 0.436 e. The van der Waals surface area contributed by atoms with Gasteiger partial charge in [-0.2, -0.15) is 0 Å². The molecule has 5 rings (SSSR count). The standard InChI is InChI=1S/C32H52N4O3/c1-22(34-39-30(38)36(24-7-6-8-24)20-18-33-17-19-35(4)5)27-11-12-28-26-10-9-23-21-25(37)13-15-31(23,2)29(26)14-16-32(27,28)3/h21,24,26-29,33H,6-20H2,1-5H3/b34-22+/t26-,27+,28-,29-,31-,32+/m0/s1. The number of carbonyl (C=O) groups excluding carboxylic acids is 2. The molecule has 4 fully saturated rings. The Bertz CT molecular complexity index is 988. The first kappa shape index (κ1) is 28.8. The number of hydrogen-bond acceptors (Lipinski definition) is 6.